The molecule has 1 aromatic carbocycles. The summed E-state index contributed by atoms with van der Waals surface area (Å²) >= 11 is 0. The zero-order valence-corrected chi connectivity index (χ0v) is 13.1. The largest absolute Gasteiger partial charge is 0.388 e. The highest BCUT2D eigenvalue weighted by Crippen LogP contribution is 2.49. The van der Waals surface area contributed by atoms with E-state index in [9.17, 15) is 5.11 Å². The van der Waals surface area contributed by atoms with Crippen LogP contribution in [0.1, 0.15) is 35.4 Å². The SMILES string of the molecule is Nc1ccc2c(n1)CC[C@@H]([C@H]1c3ccccc3-c3cncn31)[C@@H]2O. The van der Waals surface area contributed by atoms with Crippen molar-refractivity contribution in [1.82, 2.24) is 14.5 Å². The lowest BCUT2D eigenvalue weighted by Gasteiger charge is -2.34. The molecule has 0 spiro atoms. The molecule has 3 aromatic rings. The van der Waals surface area contributed by atoms with E-state index < -0.39 is 6.10 Å². The topological polar surface area (TPSA) is 77.0 Å². The second-order valence-corrected chi connectivity index (χ2v) is 6.64. The molecule has 1 aliphatic heterocycles. The molecule has 120 valence electrons. The Kier molecular flexibility index (Phi) is 2.82. The van der Waals surface area contributed by atoms with Gasteiger partial charge in [-0.25, -0.2) is 9.97 Å². The summed E-state index contributed by atoms with van der Waals surface area (Å²) in [6.07, 6.45) is 4.95. The highest BCUT2D eigenvalue weighted by Gasteiger charge is 2.40. The van der Waals surface area contributed by atoms with E-state index >= 15 is 0 Å². The van der Waals surface area contributed by atoms with E-state index in [4.69, 9.17) is 5.73 Å². The molecule has 2 aliphatic rings. The molecule has 24 heavy (non-hydrogen) atoms. The lowest BCUT2D eigenvalue weighted by Crippen LogP contribution is -2.29. The third-order valence-electron chi connectivity index (χ3n) is 5.40. The van der Waals surface area contributed by atoms with Crippen molar-refractivity contribution < 1.29 is 5.11 Å². The molecule has 0 saturated carbocycles. The van der Waals surface area contributed by atoms with Crippen LogP contribution in [0.4, 0.5) is 5.82 Å². The first-order chi connectivity index (χ1) is 11.7. The lowest BCUT2D eigenvalue weighted by atomic mass is 9.77. The van der Waals surface area contributed by atoms with Crippen molar-refractivity contribution in [1.29, 1.82) is 0 Å². The number of aryl methyl sites for hydroxylation is 1. The van der Waals surface area contributed by atoms with Gasteiger partial charge in [0, 0.05) is 22.7 Å². The number of rotatable bonds is 1. The van der Waals surface area contributed by atoms with Crippen LogP contribution in [0.15, 0.2) is 48.9 Å². The zero-order chi connectivity index (χ0) is 16.3. The van der Waals surface area contributed by atoms with Crippen LogP contribution < -0.4 is 5.73 Å². The quantitative estimate of drug-likeness (QED) is 0.723. The Morgan fingerprint density at radius 3 is 2.92 bits per heavy atom. The Bertz CT molecular complexity index is 933. The molecule has 5 rings (SSSR count). The maximum atomic E-state index is 11.0. The van der Waals surface area contributed by atoms with Crippen molar-refractivity contribution in [3.63, 3.8) is 0 Å². The number of aliphatic hydroxyl groups excluding tert-OH is 1. The molecular weight excluding hydrogens is 300 g/mol. The minimum Gasteiger partial charge on any atom is -0.388 e. The van der Waals surface area contributed by atoms with Gasteiger partial charge < -0.3 is 15.4 Å². The average Bonchev–Trinajstić information content (AvgIpc) is 3.16. The van der Waals surface area contributed by atoms with E-state index in [1.807, 2.05) is 18.6 Å². The molecule has 5 nitrogen and oxygen atoms in total. The minimum atomic E-state index is -0.548. The molecule has 2 aromatic heterocycles. The summed E-state index contributed by atoms with van der Waals surface area (Å²) in [4.78, 5) is 8.72. The van der Waals surface area contributed by atoms with Gasteiger partial charge in [0.2, 0.25) is 0 Å². The fourth-order valence-electron chi connectivity index (χ4n) is 4.33. The molecule has 5 heteroatoms. The Morgan fingerprint density at radius 2 is 2.00 bits per heavy atom. The number of aromatic nitrogens is 3. The van der Waals surface area contributed by atoms with Gasteiger partial charge in [-0.05, 0) is 24.5 Å². The third-order valence-corrected chi connectivity index (χ3v) is 5.40. The van der Waals surface area contributed by atoms with E-state index in [0.29, 0.717) is 5.82 Å². The van der Waals surface area contributed by atoms with Crippen molar-refractivity contribution in [3.05, 3.63) is 65.7 Å². The normalized spacial score (nSPS) is 24.3. The number of pyridine rings is 1. The van der Waals surface area contributed by atoms with Crippen LogP contribution in [-0.2, 0) is 6.42 Å². The molecule has 3 N–H and O–H groups in total. The smallest absolute Gasteiger partial charge is 0.123 e. The van der Waals surface area contributed by atoms with E-state index in [2.05, 4.69) is 38.8 Å². The highest BCUT2D eigenvalue weighted by atomic mass is 16.3. The molecule has 0 radical (unpaired) electrons. The number of anilines is 1. The maximum absolute atomic E-state index is 11.0. The molecule has 1 aliphatic carbocycles. The molecule has 0 fully saturated rings. The van der Waals surface area contributed by atoms with Crippen molar-refractivity contribution in [2.24, 2.45) is 5.92 Å². The number of imidazole rings is 1. The molecule has 3 heterocycles. The summed E-state index contributed by atoms with van der Waals surface area (Å²) in [6.45, 7) is 0. The second-order valence-electron chi connectivity index (χ2n) is 6.64. The fraction of sp³-hybridized carbons (Fsp3) is 0.263. The monoisotopic (exact) mass is 318 g/mol. The van der Waals surface area contributed by atoms with Crippen LogP contribution in [0.5, 0.6) is 0 Å². The van der Waals surface area contributed by atoms with Crippen LogP contribution in [0.2, 0.25) is 0 Å². The predicted octanol–water partition coefficient (Wildman–Crippen LogP) is 2.73. The number of nitrogens with two attached hydrogens (primary N) is 1. The number of hydrogen-bond donors (Lipinski definition) is 2. The summed E-state index contributed by atoms with van der Waals surface area (Å²) in [5.74, 6) is 0.613. The Morgan fingerprint density at radius 1 is 1.12 bits per heavy atom. The zero-order valence-electron chi connectivity index (χ0n) is 13.1. The van der Waals surface area contributed by atoms with Crippen LogP contribution in [0, 0.1) is 5.92 Å². The summed E-state index contributed by atoms with van der Waals surface area (Å²) in [5.41, 5.74) is 11.2. The molecule has 0 amide bonds. The van der Waals surface area contributed by atoms with Crippen LogP contribution in [0.3, 0.4) is 0 Å². The predicted molar refractivity (Wildman–Crippen MR) is 91.2 cm³/mol. The van der Waals surface area contributed by atoms with Gasteiger partial charge >= 0.3 is 0 Å². The van der Waals surface area contributed by atoms with Gasteiger partial charge in [0.05, 0.1) is 30.4 Å². The van der Waals surface area contributed by atoms with Crippen LogP contribution >= 0.6 is 0 Å². The fourth-order valence-corrected chi connectivity index (χ4v) is 4.33. The number of nitrogens with zero attached hydrogens (tertiary/aromatic N) is 3. The van der Waals surface area contributed by atoms with Gasteiger partial charge in [0.15, 0.2) is 0 Å². The summed E-state index contributed by atoms with van der Waals surface area (Å²) < 4.78 is 2.20. The maximum Gasteiger partial charge on any atom is 0.123 e. The van der Waals surface area contributed by atoms with Gasteiger partial charge in [-0.15, -0.1) is 0 Å². The van der Waals surface area contributed by atoms with Crippen LogP contribution in [0.25, 0.3) is 11.3 Å². The van der Waals surface area contributed by atoms with Gasteiger partial charge in [-0.2, -0.15) is 0 Å². The van der Waals surface area contributed by atoms with Crippen molar-refractivity contribution in [2.75, 3.05) is 5.73 Å². The Balaban J connectivity index is 1.62. The highest BCUT2D eigenvalue weighted by molar-refractivity contribution is 5.69. The van der Waals surface area contributed by atoms with E-state index in [-0.39, 0.29) is 12.0 Å². The Hall–Kier alpha value is -2.66. The minimum absolute atomic E-state index is 0.0968. The first-order valence-electron chi connectivity index (χ1n) is 8.28. The first-order valence-corrected chi connectivity index (χ1v) is 8.28. The molecule has 0 unspecified atom stereocenters. The van der Waals surface area contributed by atoms with Gasteiger partial charge in [-0.1, -0.05) is 30.3 Å². The van der Waals surface area contributed by atoms with Crippen LogP contribution in [-0.4, -0.2) is 19.6 Å². The standard InChI is InChI=1S/C19H18N4O/c20-17-8-6-13-15(22-17)7-5-14(19(13)24)18-12-4-2-1-3-11(12)16-9-21-10-23(16)18/h1-4,6,8-10,14,18-19,24H,5,7H2,(H2,20,22)/t14-,18+,19+/m0/s1. The number of hydrogen-bond acceptors (Lipinski definition) is 4. The lowest BCUT2D eigenvalue weighted by molar-refractivity contribution is 0.0711. The van der Waals surface area contributed by atoms with Gasteiger partial charge in [0.1, 0.15) is 5.82 Å². The first kappa shape index (κ1) is 13.7. The number of fused-ring (bicyclic) bond motifs is 4. The molecule has 3 atom stereocenters. The van der Waals surface area contributed by atoms with E-state index in [1.54, 1.807) is 6.07 Å². The number of benzene rings is 1. The number of nitrogen functional groups attached to an aromatic ring is 1. The average molecular weight is 318 g/mol. The van der Waals surface area contributed by atoms with E-state index in [0.717, 1.165) is 29.8 Å². The van der Waals surface area contributed by atoms with E-state index in [1.165, 1.54) is 11.1 Å². The van der Waals surface area contributed by atoms with Crippen molar-refractivity contribution in [2.45, 2.75) is 25.0 Å². The number of aliphatic hydroxyl groups is 1. The van der Waals surface area contributed by atoms with Crippen molar-refractivity contribution >= 4 is 5.82 Å². The molecule has 0 bridgehead atoms. The second kappa shape index (κ2) is 4.92. The molecule has 0 saturated heterocycles. The summed E-state index contributed by atoms with van der Waals surface area (Å²) in [6, 6.07) is 12.2. The van der Waals surface area contributed by atoms with Gasteiger partial charge in [0.25, 0.3) is 0 Å². The van der Waals surface area contributed by atoms with Crippen molar-refractivity contribution in [3.8, 4) is 11.3 Å². The third kappa shape index (κ3) is 1.79. The molecular formula is C19H18N4O. The Labute approximate surface area is 139 Å². The van der Waals surface area contributed by atoms with Gasteiger partial charge in [-0.3, -0.25) is 0 Å². The summed E-state index contributed by atoms with van der Waals surface area (Å²) in [5, 5.41) is 11.0. The summed E-state index contributed by atoms with van der Waals surface area (Å²) in [7, 11) is 0.